The predicted octanol–water partition coefficient (Wildman–Crippen LogP) is 2.53. The highest BCUT2D eigenvalue weighted by molar-refractivity contribution is 6.30. The second kappa shape index (κ2) is 5.18. The van der Waals surface area contributed by atoms with Gasteiger partial charge in [-0.3, -0.25) is 4.79 Å². The third-order valence-corrected chi connectivity index (χ3v) is 2.35. The standard InChI is InChI=1S/C12H12ClN3O2/c1-7(2)14-10(17)12-16-15-11(18-12)8-4-3-5-9(13)6-8/h3-7H,1-2H3,(H,14,17). The maximum absolute atomic E-state index is 11.6. The Labute approximate surface area is 109 Å². The van der Waals surface area contributed by atoms with Crippen molar-refractivity contribution in [2.45, 2.75) is 19.9 Å². The number of carbonyl (C=O) groups is 1. The summed E-state index contributed by atoms with van der Waals surface area (Å²) in [6, 6.07) is 7.01. The third kappa shape index (κ3) is 2.87. The van der Waals surface area contributed by atoms with E-state index in [1.165, 1.54) is 0 Å². The fourth-order valence-electron chi connectivity index (χ4n) is 1.38. The summed E-state index contributed by atoms with van der Waals surface area (Å²) in [5.41, 5.74) is 0.679. The van der Waals surface area contributed by atoms with Gasteiger partial charge < -0.3 is 9.73 Å². The number of carbonyl (C=O) groups excluding carboxylic acids is 1. The lowest BCUT2D eigenvalue weighted by atomic mass is 10.2. The summed E-state index contributed by atoms with van der Waals surface area (Å²) in [4.78, 5) is 11.6. The molecule has 0 bridgehead atoms. The van der Waals surface area contributed by atoms with Crippen LogP contribution in [0.15, 0.2) is 28.7 Å². The lowest BCUT2D eigenvalue weighted by Crippen LogP contribution is -2.30. The molecule has 0 saturated carbocycles. The zero-order valence-corrected chi connectivity index (χ0v) is 10.7. The van der Waals surface area contributed by atoms with Crippen molar-refractivity contribution in [3.63, 3.8) is 0 Å². The molecule has 0 unspecified atom stereocenters. The Morgan fingerprint density at radius 3 is 2.83 bits per heavy atom. The second-order valence-electron chi connectivity index (χ2n) is 4.05. The van der Waals surface area contributed by atoms with E-state index >= 15 is 0 Å². The Bertz CT molecular complexity index is 566. The number of rotatable bonds is 3. The van der Waals surface area contributed by atoms with E-state index in [-0.39, 0.29) is 23.7 Å². The first-order valence-corrected chi connectivity index (χ1v) is 5.84. The zero-order chi connectivity index (χ0) is 13.1. The van der Waals surface area contributed by atoms with Gasteiger partial charge in [0, 0.05) is 16.6 Å². The van der Waals surface area contributed by atoms with Gasteiger partial charge in [-0.05, 0) is 32.0 Å². The molecule has 0 aliphatic heterocycles. The van der Waals surface area contributed by atoms with Crippen molar-refractivity contribution in [1.29, 1.82) is 0 Å². The fraction of sp³-hybridized carbons (Fsp3) is 0.250. The Morgan fingerprint density at radius 1 is 1.39 bits per heavy atom. The molecule has 0 spiro atoms. The predicted molar refractivity (Wildman–Crippen MR) is 67.3 cm³/mol. The van der Waals surface area contributed by atoms with Crippen molar-refractivity contribution < 1.29 is 9.21 Å². The Hall–Kier alpha value is -1.88. The molecule has 5 nitrogen and oxygen atoms in total. The highest BCUT2D eigenvalue weighted by Crippen LogP contribution is 2.21. The first kappa shape index (κ1) is 12.6. The molecular weight excluding hydrogens is 254 g/mol. The highest BCUT2D eigenvalue weighted by Gasteiger charge is 2.16. The monoisotopic (exact) mass is 265 g/mol. The van der Waals surface area contributed by atoms with Crippen LogP contribution in [-0.4, -0.2) is 22.1 Å². The number of hydrogen-bond acceptors (Lipinski definition) is 4. The number of hydrogen-bond donors (Lipinski definition) is 1. The summed E-state index contributed by atoms with van der Waals surface area (Å²) in [6.07, 6.45) is 0. The Morgan fingerprint density at radius 2 is 2.17 bits per heavy atom. The maximum atomic E-state index is 11.6. The van der Waals surface area contributed by atoms with E-state index in [4.69, 9.17) is 16.0 Å². The van der Waals surface area contributed by atoms with E-state index < -0.39 is 0 Å². The summed E-state index contributed by atoms with van der Waals surface area (Å²) < 4.78 is 5.29. The van der Waals surface area contributed by atoms with Crippen LogP contribution in [0.1, 0.15) is 24.5 Å². The van der Waals surface area contributed by atoms with Crippen LogP contribution in [0.2, 0.25) is 5.02 Å². The van der Waals surface area contributed by atoms with Crippen molar-refractivity contribution in [1.82, 2.24) is 15.5 Å². The Balaban J connectivity index is 2.23. The van der Waals surface area contributed by atoms with Gasteiger partial charge >= 0.3 is 11.8 Å². The lowest BCUT2D eigenvalue weighted by Gasteiger charge is -2.03. The molecule has 1 aromatic carbocycles. The quantitative estimate of drug-likeness (QED) is 0.926. The highest BCUT2D eigenvalue weighted by atomic mass is 35.5. The van der Waals surface area contributed by atoms with Crippen LogP contribution in [0, 0.1) is 0 Å². The lowest BCUT2D eigenvalue weighted by molar-refractivity contribution is 0.0909. The van der Waals surface area contributed by atoms with Crippen LogP contribution in [0.4, 0.5) is 0 Å². The van der Waals surface area contributed by atoms with E-state index in [2.05, 4.69) is 15.5 Å². The SMILES string of the molecule is CC(C)NC(=O)c1nnc(-c2cccc(Cl)c2)o1. The van der Waals surface area contributed by atoms with Gasteiger partial charge in [-0.25, -0.2) is 0 Å². The average molecular weight is 266 g/mol. The van der Waals surface area contributed by atoms with Gasteiger partial charge in [-0.2, -0.15) is 0 Å². The van der Waals surface area contributed by atoms with Gasteiger partial charge in [0.05, 0.1) is 0 Å². The zero-order valence-electron chi connectivity index (χ0n) is 9.98. The van der Waals surface area contributed by atoms with Crippen LogP contribution >= 0.6 is 11.6 Å². The average Bonchev–Trinajstić information content (AvgIpc) is 2.77. The molecule has 1 N–H and O–H groups in total. The van der Waals surface area contributed by atoms with E-state index in [0.717, 1.165) is 0 Å². The van der Waals surface area contributed by atoms with Gasteiger partial charge in [0.2, 0.25) is 5.89 Å². The maximum Gasteiger partial charge on any atom is 0.309 e. The first-order valence-electron chi connectivity index (χ1n) is 5.46. The number of benzene rings is 1. The number of amides is 1. The summed E-state index contributed by atoms with van der Waals surface area (Å²) >= 11 is 5.86. The van der Waals surface area contributed by atoms with Gasteiger partial charge in [0.25, 0.3) is 0 Å². The molecule has 1 amide bonds. The van der Waals surface area contributed by atoms with Crippen LogP contribution in [0.25, 0.3) is 11.5 Å². The molecule has 18 heavy (non-hydrogen) atoms. The van der Waals surface area contributed by atoms with Gasteiger partial charge in [-0.1, -0.05) is 17.7 Å². The summed E-state index contributed by atoms with van der Waals surface area (Å²) in [5, 5.41) is 10.8. The van der Waals surface area contributed by atoms with Crippen LogP contribution in [0.5, 0.6) is 0 Å². The molecule has 0 fully saturated rings. The molecule has 0 aliphatic carbocycles. The second-order valence-corrected chi connectivity index (χ2v) is 4.49. The van der Waals surface area contributed by atoms with Crippen LogP contribution < -0.4 is 5.32 Å². The van der Waals surface area contributed by atoms with Crippen molar-refractivity contribution >= 4 is 17.5 Å². The molecule has 2 rings (SSSR count). The van der Waals surface area contributed by atoms with Crippen molar-refractivity contribution in [3.05, 3.63) is 35.2 Å². The molecular formula is C12H12ClN3O2. The molecule has 2 aromatic rings. The molecule has 94 valence electrons. The van der Waals surface area contributed by atoms with Crippen LogP contribution in [0.3, 0.4) is 0 Å². The smallest absolute Gasteiger partial charge is 0.309 e. The topological polar surface area (TPSA) is 68.0 Å². The summed E-state index contributed by atoms with van der Waals surface area (Å²) in [6.45, 7) is 3.71. The number of nitrogens with one attached hydrogen (secondary N) is 1. The van der Waals surface area contributed by atoms with Crippen molar-refractivity contribution in [2.75, 3.05) is 0 Å². The minimum Gasteiger partial charge on any atom is -0.412 e. The van der Waals surface area contributed by atoms with Crippen molar-refractivity contribution in [2.24, 2.45) is 0 Å². The molecule has 0 saturated heterocycles. The molecule has 6 heteroatoms. The minimum atomic E-state index is -0.384. The molecule has 0 radical (unpaired) electrons. The molecule has 1 aromatic heterocycles. The third-order valence-electron chi connectivity index (χ3n) is 2.11. The number of halogens is 1. The van der Waals surface area contributed by atoms with Crippen molar-refractivity contribution in [3.8, 4) is 11.5 Å². The first-order chi connectivity index (χ1) is 8.56. The normalized spacial score (nSPS) is 10.7. The minimum absolute atomic E-state index is 0.0130. The van der Waals surface area contributed by atoms with E-state index in [9.17, 15) is 4.79 Å². The fourth-order valence-corrected chi connectivity index (χ4v) is 1.57. The summed E-state index contributed by atoms with van der Waals surface area (Å²) in [7, 11) is 0. The van der Waals surface area contributed by atoms with Gasteiger partial charge in [0.1, 0.15) is 0 Å². The Kier molecular flexibility index (Phi) is 3.62. The largest absolute Gasteiger partial charge is 0.412 e. The van der Waals surface area contributed by atoms with E-state index in [1.54, 1.807) is 24.3 Å². The molecule has 0 atom stereocenters. The molecule has 0 aliphatic rings. The summed E-state index contributed by atoms with van der Waals surface area (Å²) in [5.74, 6) is -0.171. The molecule has 1 heterocycles. The van der Waals surface area contributed by atoms with Crippen LogP contribution in [-0.2, 0) is 0 Å². The number of aromatic nitrogens is 2. The van der Waals surface area contributed by atoms with E-state index in [0.29, 0.717) is 10.6 Å². The number of nitrogens with zero attached hydrogens (tertiary/aromatic N) is 2. The van der Waals surface area contributed by atoms with Gasteiger partial charge in [-0.15, -0.1) is 10.2 Å². The van der Waals surface area contributed by atoms with E-state index in [1.807, 2.05) is 13.8 Å². The van der Waals surface area contributed by atoms with Gasteiger partial charge in [0.15, 0.2) is 0 Å².